The molecule has 0 aliphatic rings. The number of nitrogens with zero attached hydrogens (tertiary/aromatic N) is 3. The molecular formula is C18H28N6O. The second kappa shape index (κ2) is 6.38. The van der Waals surface area contributed by atoms with E-state index < -0.39 is 0 Å². The van der Waals surface area contributed by atoms with Crippen LogP contribution in [0.3, 0.4) is 0 Å². The van der Waals surface area contributed by atoms with Crippen molar-refractivity contribution in [3.05, 3.63) is 28.8 Å². The lowest BCUT2D eigenvalue weighted by atomic mass is 9.78. The number of hydrogen-bond donors (Lipinski definition) is 4. The van der Waals surface area contributed by atoms with Gasteiger partial charge < -0.3 is 21.9 Å². The predicted octanol–water partition coefficient (Wildman–Crippen LogP) is 2.95. The van der Waals surface area contributed by atoms with Crippen molar-refractivity contribution >= 4 is 17.8 Å². The Morgan fingerprint density at radius 1 is 0.880 bits per heavy atom. The molecule has 0 radical (unpaired) electrons. The first-order valence-corrected chi connectivity index (χ1v) is 8.25. The molecule has 0 amide bonds. The van der Waals surface area contributed by atoms with Crippen molar-refractivity contribution in [1.29, 1.82) is 0 Å². The van der Waals surface area contributed by atoms with Crippen molar-refractivity contribution in [2.24, 2.45) is 0 Å². The number of anilines is 3. The molecule has 0 saturated carbocycles. The molecule has 2 rings (SSSR count). The minimum Gasteiger partial charge on any atom is -0.507 e. The van der Waals surface area contributed by atoms with Crippen molar-refractivity contribution in [3.63, 3.8) is 0 Å². The van der Waals surface area contributed by atoms with Crippen LogP contribution in [-0.4, -0.2) is 20.1 Å². The Morgan fingerprint density at radius 3 is 1.72 bits per heavy atom. The van der Waals surface area contributed by atoms with E-state index in [4.69, 9.17) is 11.5 Å². The van der Waals surface area contributed by atoms with Crippen LogP contribution < -0.4 is 16.8 Å². The van der Waals surface area contributed by atoms with E-state index in [1.807, 2.05) is 12.1 Å². The summed E-state index contributed by atoms with van der Waals surface area (Å²) in [6.07, 6.45) is 0. The molecule has 0 fully saturated rings. The summed E-state index contributed by atoms with van der Waals surface area (Å²) >= 11 is 0. The van der Waals surface area contributed by atoms with Gasteiger partial charge in [0.15, 0.2) is 0 Å². The van der Waals surface area contributed by atoms with E-state index in [0.717, 1.165) is 16.7 Å². The average molecular weight is 344 g/mol. The fourth-order valence-corrected chi connectivity index (χ4v) is 2.61. The Kier molecular flexibility index (Phi) is 4.79. The molecule has 6 N–H and O–H groups in total. The minimum absolute atomic E-state index is 0.0754. The summed E-state index contributed by atoms with van der Waals surface area (Å²) in [5.41, 5.74) is 13.7. The number of nitrogen functional groups attached to an aromatic ring is 2. The molecular weight excluding hydrogens is 316 g/mol. The Balaban J connectivity index is 2.40. The normalized spacial score (nSPS) is 12.2. The van der Waals surface area contributed by atoms with Crippen LogP contribution >= 0.6 is 0 Å². The number of phenolic OH excluding ortho intramolecular Hbond substituents is 1. The van der Waals surface area contributed by atoms with Crippen LogP contribution in [-0.2, 0) is 17.4 Å². The number of phenols is 1. The van der Waals surface area contributed by atoms with Gasteiger partial charge in [-0.05, 0) is 39.7 Å². The number of rotatable bonds is 3. The van der Waals surface area contributed by atoms with Crippen molar-refractivity contribution in [3.8, 4) is 5.75 Å². The van der Waals surface area contributed by atoms with Crippen LogP contribution in [0, 0.1) is 0 Å². The largest absolute Gasteiger partial charge is 0.507 e. The number of aromatic hydroxyl groups is 1. The molecule has 1 aromatic carbocycles. The van der Waals surface area contributed by atoms with E-state index in [0.29, 0.717) is 18.2 Å². The van der Waals surface area contributed by atoms with E-state index in [-0.39, 0.29) is 22.7 Å². The van der Waals surface area contributed by atoms with E-state index >= 15 is 0 Å². The lowest BCUT2D eigenvalue weighted by Crippen LogP contribution is -2.18. The zero-order valence-corrected chi connectivity index (χ0v) is 15.8. The molecule has 7 nitrogen and oxygen atoms in total. The van der Waals surface area contributed by atoms with Gasteiger partial charge in [-0.25, -0.2) is 0 Å². The topological polar surface area (TPSA) is 123 Å². The molecule has 0 unspecified atom stereocenters. The lowest BCUT2D eigenvalue weighted by Gasteiger charge is -2.28. The summed E-state index contributed by atoms with van der Waals surface area (Å²) in [5, 5.41) is 13.9. The van der Waals surface area contributed by atoms with Gasteiger partial charge in [-0.1, -0.05) is 41.5 Å². The monoisotopic (exact) mass is 344 g/mol. The minimum atomic E-state index is -0.178. The molecule has 0 spiro atoms. The van der Waals surface area contributed by atoms with Crippen LogP contribution in [0.4, 0.5) is 17.8 Å². The summed E-state index contributed by atoms with van der Waals surface area (Å²) < 4.78 is 0. The molecule has 25 heavy (non-hydrogen) atoms. The molecule has 136 valence electrons. The fraction of sp³-hybridized carbons (Fsp3) is 0.500. The Labute approximate surface area is 148 Å². The first-order valence-electron chi connectivity index (χ1n) is 8.25. The predicted molar refractivity (Wildman–Crippen MR) is 101 cm³/mol. The number of nitrogens with two attached hydrogens (primary N) is 2. The third-order valence-electron chi connectivity index (χ3n) is 3.91. The highest BCUT2D eigenvalue weighted by atomic mass is 16.3. The lowest BCUT2D eigenvalue weighted by molar-refractivity contribution is 0.423. The molecule has 0 saturated heterocycles. The van der Waals surface area contributed by atoms with Gasteiger partial charge in [-0.15, -0.1) is 0 Å². The summed E-state index contributed by atoms with van der Waals surface area (Å²) in [5.74, 6) is 0.836. The summed E-state index contributed by atoms with van der Waals surface area (Å²) in [6, 6.07) is 4.01. The van der Waals surface area contributed by atoms with Crippen LogP contribution in [0.25, 0.3) is 0 Å². The van der Waals surface area contributed by atoms with Gasteiger partial charge in [0.2, 0.25) is 17.8 Å². The van der Waals surface area contributed by atoms with Crippen molar-refractivity contribution < 1.29 is 5.11 Å². The summed E-state index contributed by atoms with van der Waals surface area (Å²) in [6.45, 7) is 13.0. The van der Waals surface area contributed by atoms with Crippen molar-refractivity contribution in [2.75, 3.05) is 16.8 Å². The third kappa shape index (κ3) is 4.49. The van der Waals surface area contributed by atoms with Gasteiger partial charge in [0, 0.05) is 6.54 Å². The Morgan fingerprint density at radius 2 is 1.32 bits per heavy atom. The van der Waals surface area contributed by atoms with Gasteiger partial charge in [0.05, 0.1) is 0 Å². The van der Waals surface area contributed by atoms with Crippen LogP contribution in [0.15, 0.2) is 12.1 Å². The van der Waals surface area contributed by atoms with Gasteiger partial charge >= 0.3 is 0 Å². The zero-order chi connectivity index (χ0) is 19.0. The molecule has 7 heteroatoms. The van der Waals surface area contributed by atoms with E-state index in [2.05, 4.69) is 61.8 Å². The van der Waals surface area contributed by atoms with Crippen molar-refractivity contribution in [1.82, 2.24) is 15.0 Å². The quantitative estimate of drug-likeness (QED) is 0.675. The van der Waals surface area contributed by atoms with Crippen molar-refractivity contribution in [2.45, 2.75) is 58.9 Å². The van der Waals surface area contributed by atoms with Gasteiger partial charge in [-0.3, -0.25) is 0 Å². The summed E-state index contributed by atoms with van der Waals surface area (Å²) in [4.78, 5) is 11.8. The molecule has 0 aliphatic carbocycles. The number of aromatic nitrogens is 3. The van der Waals surface area contributed by atoms with Gasteiger partial charge in [0.1, 0.15) is 5.75 Å². The molecule has 0 bridgehead atoms. The SMILES string of the molecule is CC(C)(C)c1cc(CNc2nc(N)nc(N)n2)cc(C(C)(C)C)c1O. The highest BCUT2D eigenvalue weighted by Crippen LogP contribution is 2.39. The number of nitrogens with one attached hydrogen (secondary N) is 1. The first-order chi connectivity index (χ1) is 11.4. The van der Waals surface area contributed by atoms with E-state index in [1.165, 1.54) is 0 Å². The maximum atomic E-state index is 10.8. The third-order valence-corrected chi connectivity index (χ3v) is 3.91. The van der Waals surface area contributed by atoms with Crippen LogP contribution in [0.5, 0.6) is 5.75 Å². The highest BCUT2D eigenvalue weighted by Gasteiger charge is 2.26. The second-order valence-electron chi connectivity index (χ2n) is 8.27. The molecule has 2 aromatic rings. The standard InChI is InChI=1S/C18H28N6O/c1-17(2,3)11-7-10(8-12(13(11)25)18(4,5)6)9-21-16-23-14(19)22-15(20)24-16/h7-8,25H,9H2,1-6H3,(H5,19,20,21,22,23,24). The highest BCUT2D eigenvalue weighted by molar-refractivity contribution is 5.50. The molecule has 1 aromatic heterocycles. The van der Waals surface area contributed by atoms with Crippen LogP contribution in [0.1, 0.15) is 58.2 Å². The second-order valence-corrected chi connectivity index (χ2v) is 8.27. The Hall–Kier alpha value is -2.57. The maximum Gasteiger partial charge on any atom is 0.229 e. The summed E-state index contributed by atoms with van der Waals surface area (Å²) in [7, 11) is 0. The molecule has 0 atom stereocenters. The fourth-order valence-electron chi connectivity index (χ4n) is 2.61. The molecule has 0 aliphatic heterocycles. The average Bonchev–Trinajstić information content (AvgIpc) is 2.42. The van der Waals surface area contributed by atoms with E-state index in [1.54, 1.807) is 0 Å². The number of hydrogen-bond acceptors (Lipinski definition) is 7. The van der Waals surface area contributed by atoms with E-state index in [9.17, 15) is 5.11 Å². The smallest absolute Gasteiger partial charge is 0.229 e. The number of benzene rings is 1. The first kappa shape index (κ1) is 18.8. The zero-order valence-electron chi connectivity index (χ0n) is 15.8. The maximum absolute atomic E-state index is 10.8. The van der Waals surface area contributed by atoms with Gasteiger partial charge in [0.25, 0.3) is 0 Å². The van der Waals surface area contributed by atoms with Gasteiger partial charge in [-0.2, -0.15) is 15.0 Å². The molecule has 1 heterocycles. The van der Waals surface area contributed by atoms with Crippen LogP contribution in [0.2, 0.25) is 0 Å². The Bertz CT molecular complexity index is 719.